The molecule has 0 fully saturated rings. The van der Waals surface area contributed by atoms with Crippen LogP contribution in [-0.4, -0.2) is 24.6 Å². The molecular formula is C25H21F2N5O2. The maximum absolute atomic E-state index is 13.7. The molecule has 2 aromatic heterocycles. The van der Waals surface area contributed by atoms with E-state index in [0.717, 1.165) is 15.6 Å². The predicted octanol–water partition coefficient (Wildman–Crippen LogP) is 4.78. The molecule has 0 atom stereocenters. The number of halogens is 2. The van der Waals surface area contributed by atoms with Gasteiger partial charge in [0.1, 0.15) is 5.82 Å². The van der Waals surface area contributed by atoms with Crippen molar-refractivity contribution in [3.05, 3.63) is 83.3 Å². The summed E-state index contributed by atoms with van der Waals surface area (Å²) in [4.78, 5) is 29.4. The number of carbonyl (C=O) groups excluding carboxylic acids is 1. The van der Waals surface area contributed by atoms with Crippen LogP contribution in [0.3, 0.4) is 0 Å². The first kappa shape index (κ1) is 21.6. The summed E-state index contributed by atoms with van der Waals surface area (Å²) in [5.41, 5.74) is 3.27. The molecule has 0 saturated carbocycles. The van der Waals surface area contributed by atoms with E-state index < -0.39 is 6.55 Å². The molecule has 0 aliphatic carbocycles. The molecule has 0 spiro atoms. The zero-order valence-electron chi connectivity index (χ0n) is 18.3. The van der Waals surface area contributed by atoms with Crippen molar-refractivity contribution in [3.8, 4) is 11.4 Å². The molecule has 2 heterocycles. The third-order valence-corrected chi connectivity index (χ3v) is 5.83. The van der Waals surface area contributed by atoms with E-state index in [4.69, 9.17) is 0 Å². The maximum atomic E-state index is 13.7. The molecule has 0 saturated heterocycles. The van der Waals surface area contributed by atoms with Gasteiger partial charge in [0.25, 0.3) is 0 Å². The Morgan fingerprint density at radius 1 is 0.941 bits per heavy atom. The maximum Gasteiger partial charge on any atom is 0.328 e. The highest BCUT2D eigenvalue weighted by Gasteiger charge is 2.19. The lowest BCUT2D eigenvalue weighted by atomic mass is 10.2. The van der Waals surface area contributed by atoms with Crippen molar-refractivity contribution in [1.29, 1.82) is 0 Å². The normalized spacial score (nSPS) is 11.5. The molecule has 0 unspecified atom stereocenters. The Bertz CT molecular complexity index is 1560. The number of hydrogen-bond donors (Lipinski definition) is 1. The zero-order valence-corrected chi connectivity index (χ0v) is 18.3. The van der Waals surface area contributed by atoms with Gasteiger partial charge in [0, 0.05) is 31.3 Å². The van der Waals surface area contributed by atoms with E-state index in [0.29, 0.717) is 22.3 Å². The van der Waals surface area contributed by atoms with E-state index in [1.54, 1.807) is 64.7 Å². The lowest BCUT2D eigenvalue weighted by Gasteiger charge is -2.09. The van der Waals surface area contributed by atoms with Gasteiger partial charge in [0.15, 0.2) is 0 Å². The minimum atomic E-state index is -2.74. The molecule has 1 N–H and O–H groups in total. The largest absolute Gasteiger partial charge is 0.328 e. The third-order valence-electron chi connectivity index (χ3n) is 5.83. The van der Waals surface area contributed by atoms with Crippen LogP contribution in [0, 0.1) is 0 Å². The first-order valence-electron chi connectivity index (χ1n) is 10.7. The summed E-state index contributed by atoms with van der Waals surface area (Å²) in [6, 6.07) is 20.7. The minimum absolute atomic E-state index is 0.108. The number of imidazole rings is 2. The highest BCUT2D eigenvalue weighted by Crippen LogP contribution is 2.30. The smallest absolute Gasteiger partial charge is 0.326 e. The number of nitrogens with one attached hydrogen (secondary N) is 1. The van der Waals surface area contributed by atoms with Crippen molar-refractivity contribution in [2.24, 2.45) is 7.05 Å². The molecule has 1 amide bonds. The number of amides is 1. The fourth-order valence-electron chi connectivity index (χ4n) is 4.16. The second-order valence-electron chi connectivity index (χ2n) is 7.93. The van der Waals surface area contributed by atoms with Crippen LogP contribution in [0.15, 0.2) is 77.6 Å². The van der Waals surface area contributed by atoms with E-state index in [9.17, 15) is 18.4 Å². The average molecular weight is 461 g/mol. The third kappa shape index (κ3) is 3.75. The Morgan fingerprint density at radius 2 is 1.59 bits per heavy atom. The van der Waals surface area contributed by atoms with Gasteiger partial charge < -0.3 is 5.32 Å². The van der Waals surface area contributed by atoms with Crippen LogP contribution >= 0.6 is 0 Å². The van der Waals surface area contributed by atoms with Gasteiger partial charge in [-0.15, -0.1) is 0 Å². The van der Waals surface area contributed by atoms with Gasteiger partial charge in [0.2, 0.25) is 5.91 Å². The number of fused-ring (bicyclic) bond motifs is 2. The molecular weight excluding hydrogens is 440 g/mol. The number of benzene rings is 3. The van der Waals surface area contributed by atoms with E-state index >= 15 is 0 Å². The summed E-state index contributed by atoms with van der Waals surface area (Å²) in [6.45, 7) is -2.50. The minimum Gasteiger partial charge on any atom is -0.326 e. The number of aromatic nitrogens is 4. The molecule has 172 valence electrons. The van der Waals surface area contributed by atoms with Crippen LogP contribution in [0.2, 0.25) is 0 Å². The average Bonchev–Trinajstić information content (AvgIpc) is 3.34. The summed E-state index contributed by atoms with van der Waals surface area (Å²) in [6.07, 6.45) is 0.108. The summed E-state index contributed by atoms with van der Waals surface area (Å²) in [5, 5.41) is 2.79. The molecule has 34 heavy (non-hydrogen) atoms. The molecule has 0 aliphatic heterocycles. The number of hydrogen-bond acceptors (Lipinski definition) is 3. The summed E-state index contributed by atoms with van der Waals surface area (Å²) in [7, 11) is 1.70. The standard InChI is InChI=1S/C25H21F2N5O2/c1-30-20-8-4-5-9-21(20)31(25(30)34)15-14-22(33)28-17-12-10-16(11-13-17)23-29-18-6-2-3-7-19(18)32(23)24(26)27/h2-13,24H,14-15H2,1H3,(H,28,33). The Kier molecular flexibility index (Phi) is 5.45. The van der Waals surface area contributed by atoms with Gasteiger partial charge in [-0.25, -0.2) is 9.78 Å². The number of alkyl halides is 2. The second-order valence-corrected chi connectivity index (χ2v) is 7.93. The van der Waals surface area contributed by atoms with E-state index in [2.05, 4.69) is 10.3 Å². The Hall–Kier alpha value is -4.27. The second kappa shape index (κ2) is 8.58. The van der Waals surface area contributed by atoms with Gasteiger partial charge in [-0.3, -0.25) is 18.5 Å². The van der Waals surface area contributed by atoms with Crippen molar-refractivity contribution in [2.75, 3.05) is 5.32 Å². The van der Waals surface area contributed by atoms with Crippen LogP contribution in [0.1, 0.15) is 13.0 Å². The molecule has 9 heteroatoms. The van der Waals surface area contributed by atoms with Crippen molar-refractivity contribution in [2.45, 2.75) is 19.5 Å². The topological polar surface area (TPSA) is 73.8 Å². The molecule has 3 aromatic carbocycles. The number of nitrogens with zero attached hydrogens (tertiary/aromatic N) is 4. The van der Waals surface area contributed by atoms with Gasteiger partial charge in [-0.1, -0.05) is 24.3 Å². The van der Waals surface area contributed by atoms with Crippen LogP contribution in [0.4, 0.5) is 14.5 Å². The molecule has 7 nitrogen and oxygen atoms in total. The van der Waals surface area contributed by atoms with Crippen LogP contribution in [0.5, 0.6) is 0 Å². The van der Waals surface area contributed by atoms with Crippen LogP contribution < -0.4 is 11.0 Å². The quantitative estimate of drug-likeness (QED) is 0.396. The van der Waals surface area contributed by atoms with Crippen molar-refractivity contribution in [1.82, 2.24) is 18.7 Å². The van der Waals surface area contributed by atoms with Gasteiger partial charge in [-0.2, -0.15) is 8.78 Å². The van der Waals surface area contributed by atoms with E-state index in [1.165, 1.54) is 0 Å². The number of anilines is 1. The Balaban J connectivity index is 1.31. The molecule has 5 rings (SSSR count). The Morgan fingerprint density at radius 3 is 2.29 bits per heavy atom. The Labute approximate surface area is 192 Å². The SMILES string of the molecule is Cn1c(=O)n(CCC(=O)Nc2ccc(-c3nc4ccccc4n3C(F)F)cc2)c2ccccc21. The van der Waals surface area contributed by atoms with Gasteiger partial charge in [-0.05, 0) is 48.5 Å². The highest BCUT2D eigenvalue weighted by molar-refractivity contribution is 5.91. The first-order chi connectivity index (χ1) is 16.4. The predicted molar refractivity (Wildman–Crippen MR) is 127 cm³/mol. The lowest BCUT2D eigenvalue weighted by molar-refractivity contribution is -0.116. The van der Waals surface area contributed by atoms with E-state index in [-0.39, 0.29) is 30.4 Å². The number of carbonyl (C=O) groups is 1. The van der Waals surface area contributed by atoms with Crippen molar-refractivity contribution < 1.29 is 13.6 Å². The molecule has 0 radical (unpaired) electrons. The summed E-state index contributed by atoms with van der Waals surface area (Å²) >= 11 is 0. The van der Waals surface area contributed by atoms with Crippen molar-refractivity contribution >= 4 is 33.7 Å². The van der Waals surface area contributed by atoms with Crippen molar-refractivity contribution in [3.63, 3.8) is 0 Å². The lowest BCUT2D eigenvalue weighted by Crippen LogP contribution is -2.24. The number of rotatable bonds is 6. The molecule has 0 bridgehead atoms. The number of aryl methyl sites for hydroxylation is 2. The van der Waals surface area contributed by atoms with Crippen LogP contribution in [-0.2, 0) is 18.4 Å². The van der Waals surface area contributed by atoms with Gasteiger partial charge >= 0.3 is 12.2 Å². The summed E-state index contributed by atoms with van der Waals surface area (Å²) < 4.78 is 31.5. The highest BCUT2D eigenvalue weighted by atomic mass is 19.3. The first-order valence-corrected chi connectivity index (χ1v) is 10.7. The fourth-order valence-corrected chi connectivity index (χ4v) is 4.16. The molecule has 5 aromatic rings. The van der Waals surface area contributed by atoms with Crippen LogP contribution in [0.25, 0.3) is 33.5 Å². The molecule has 0 aliphatic rings. The zero-order chi connectivity index (χ0) is 23.8. The van der Waals surface area contributed by atoms with Gasteiger partial charge in [0.05, 0.1) is 22.1 Å². The summed E-state index contributed by atoms with van der Waals surface area (Å²) in [5.74, 6) is -0.100. The van der Waals surface area contributed by atoms with E-state index in [1.807, 2.05) is 24.3 Å². The monoisotopic (exact) mass is 461 g/mol. The number of para-hydroxylation sites is 4. The fraction of sp³-hybridized carbons (Fsp3) is 0.160.